The van der Waals surface area contributed by atoms with Gasteiger partial charge in [-0.15, -0.1) is 0 Å². The zero-order valence-corrected chi connectivity index (χ0v) is 12.5. The normalized spacial score (nSPS) is 11.0. The number of aliphatic hydroxyl groups excluding tert-OH is 1. The van der Waals surface area contributed by atoms with Crippen LogP contribution in [0.2, 0.25) is 0 Å². The highest BCUT2D eigenvalue weighted by Crippen LogP contribution is 2.20. The van der Waals surface area contributed by atoms with Crippen molar-refractivity contribution in [3.8, 4) is 0 Å². The van der Waals surface area contributed by atoms with Crippen LogP contribution in [-0.4, -0.2) is 31.3 Å². The number of hydrogen-bond acceptors (Lipinski definition) is 3. The Morgan fingerprint density at radius 2 is 2.00 bits per heavy atom. The van der Waals surface area contributed by atoms with Gasteiger partial charge in [0.05, 0.1) is 0 Å². The van der Waals surface area contributed by atoms with Gasteiger partial charge in [-0.05, 0) is 37.4 Å². The first kappa shape index (κ1) is 16.0. The topological polar surface area (TPSA) is 35.5 Å². The summed E-state index contributed by atoms with van der Waals surface area (Å²) in [6, 6.07) is 8.54. The Bertz CT molecular complexity index is 352. The van der Waals surface area contributed by atoms with Gasteiger partial charge in [0.15, 0.2) is 0 Å². The molecule has 2 N–H and O–H groups in total. The lowest BCUT2D eigenvalue weighted by Crippen LogP contribution is -2.27. The molecule has 0 aliphatic rings. The smallest absolute Gasteiger partial charge is 0.0447 e. The summed E-state index contributed by atoms with van der Waals surface area (Å²) in [6.07, 6.45) is 0.821. The molecule has 0 saturated carbocycles. The lowest BCUT2D eigenvalue weighted by Gasteiger charge is -2.25. The first-order valence-corrected chi connectivity index (χ1v) is 7.33. The predicted octanol–water partition coefficient (Wildman–Crippen LogP) is 2.64. The molecule has 0 saturated heterocycles. The molecule has 1 aromatic rings. The van der Waals surface area contributed by atoms with Gasteiger partial charge in [0.25, 0.3) is 0 Å². The molecule has 0 bridgehead atoms. The third-order valence-electron chi connectivity index (χ3n) is 3.17. The fourth-order valence-electron chi connectivity index (χ4n) is 2.17. The van der Waals surface area contributed by atoms with E-state index in [-0.39, 0.29) is 6.61 Å². The van der Waals surface area contributed by atoms with Crippen LogP contribution in [0.25, 0.3) is 0 Å². The highest BCUT2D eigenvalue weighted by atomic mass is 16.3. The van der Waals surface area contributed by atoms with Gasteiger partial charge in [0, 0.05) is 31.9 Å². The molecule has 0 radical (unpaired) electrons. The maximum atomic E-state index is 8.99. The number of anilines is 1. The zero-order chi connectivity index (χ0) is 14.1. The van der Waals surface area contributed by atoms with E-state index >= 15 is 0 Å². The van der Waals surface area contributed by atoms with Crippen LogP contribution in [0.4, 0.5) is 5.69 Å². The quantitative estimate of drug-likeness (QED) is 0.720. The molecule has 19 heavy (non-hydrogen) atoms. The molecule has 0 aliphatic heterocycles. The molecule has 0 unspecified atom stereocenters. The second-order valence-electron chi connectivity index (χ2n) is 5.31. The van der Waals surface area contributed by atoms with Crippen LogP contribution >= 0.6 is 0 Å². The average Bonchev–Trinajstić information content (AvgIpc) is 2.40. The van der Waals surface area contributed by atoms with E-state index in [0.717, 1.165) is 32.6 Å². The van der Waals surface area contributed by atoms with E-state index in [0.29, 0.717) is 5.92 Å². The van der Waals surface area contributed by atoms with Crippen LogP contribution in [0, 0.1) is 5.92 Å². The SMILES string of the molecule is CCN(CCCO)c1ccccc1CNCC(C)C. The summed E-state index contributed by atoms with van der Waals surface area (Å²) < 4.78 is 0. The van der Waals surface area contributed by atoms with Crippen LogP contribution in [-0.2, 0) is 6.54 Å². The monoisotopic (exact) mass is 264 g/mol. The van der Waals surface area contributed by atoms with E-state index < -0.39 is 0 Å². The predicted molar refractivity (Wildman–Crippen MR) is 82.6 cm³/mol. The minimum absolute atomic E-state index is 0.254. The molecule has 0 aromatic heterocycles. The van der Waals surface area contributed by atoms with Crippen molar-refractivity contribution in [1.29, 1.82) is 0 Å². The van der Waals surface area contributed by atoms with Gasteiger partial charge in [-0.3, -0.25) is 0 Å². The van der Waals surface area contributed by atoms with E-state index in [1.807, 2.05) is 0 Å². The summed E-state index contributed by atoms with van der Waals surface area (Å²) in [5.41, 5.74) is 2.62. The summed E-state index contributed by atoms with van der Waals surface area (Å²) in [5, 5.41) is 12.5. The lowest BCUT2D eigenvalue weighted by molar-refractivity contribution is 0.289. The molecule has 0 heterocycles. The number of aliphatic hydroxyl groups is 1. The van der Waals surface area contributed by atoms with Crippen molar-refractivity contribution in [2.45, 2.75) is 33.7 Å². The van der Waals surface area contributed by atoms with Crippen molar-refractivity contribution in [3.05, 3.63) is 29.8 Å². The standard InChI is InChI=1S/C16H28N2O/c1-4-18(10-7-11-19)16-9-6-5-8-15(16)13-17-12-14(2)3/h5-6,8-9,14,17,19H,4,7,10-13H2,1-3H3. The maximum absolute atomic E-state index is 8.99. The molecule has 0 atom stereocenters. The van der Waals surface area contributed by atoms with Crippen molar-refractivity contribution in [3.63, 3.8) is 0 Å². The third kappa shape index (κ3) is 5.62. The highest BCUT2D eigenvalue weighted by molar-refractivity contribution is 5.53. The maximum Gasteiger partial charge on any atom is 0.0447 e. The largest absolute Gasteiger partial charge is 0.396 e. The van der Waals surface area contributed by atoms with Gasteiger partial charge in [-0.25, -0.2) is 0 Å². The average molecular weight is 264 g/mol. The minimum atomic E-state index is 0.254. The second kappa shape index (κ2) is 8.94. The van der Waals surface area contributed by atoms with Gasteiger partial charge in [-0.2, -0.15) is 0 Å². The number of nitrogens with zero attached hydrogens (tertiary/aromatic N) is 1. The summed E-state index contributed by atoms with van der Waals surface area (Å²) in [6.45, 7) is 10.7. The Morgan fingerprint density at radius 3 is 2.63 bits per heavy atom. The Morgan fingerprint density at radius 1 is 1.26 bits per heavy atom. The van der Waals surface area contributed by atoms with Gasteiger partial charge < -0.3 is 15.3 Å². The van der Waals surface area contributed by atoms with Crippen molar-refractivity contribution < 1.29 is 5.11 Å². The molecule has 0 fully saturated rings. The van der Waals surface area contributed by atoms with Crippen LogP contribution in [0.3, 0.4) is 0 Å². The van der Waals surface area contributed by atoms with E-state index in [2.05, 4.69) is 55.3 Å². The van der Waals surface area contributed by atoms with Gasteiger partial charge in [-0.1, -0.05) is 32.0 Å². The van der Waals surface area contributed by atoms with E-state index in [9.17, 15) is 0 Å². The Labute approximate surface area is 117 Å². The van der Waals surface area contributed by atoms with Gasteiger partial charge in [0.2, 0.25) is 0 Å². The minimum Gasteiger partial charge on any atom is -0.396 e. The van der Waals surface area contributed by atoms with E-state index in [4.69, 9.17) is 5.11 Å². The van der Waals surface area contributed by atoms with Crippen molar-refractivity contribution in [2.24, 2.45) is 5.92 Å². The Hall–Kier alpha value is -1.06. The molecule has 3 heteroatoms. The van der Waals surface area contributed by atoms with Crippen LogP contribution in [0.5, 0.6) is 0 Å². The first-order chi connectivity index (χ1) is 9.19. The van der Waals surface area contributed by atoms with Crippen molar-refractivity contribution in [2.75, 3.05) is 31.1 Å². The molecule has 0 aliphatic carbocycles. The van der Waals surface area contributed by atoms with Crippen molar-refractivity contribution >= 4 is 5.69 Å². The summed E-state index contributed by atoms with van der Waals surface area (Å²) in [4.78, 5) is 2.34. The molecule has 3 nitrogen and oxygen atoms in total. The molecule has 1 aromatic carbocycles. The summed E-state index contributed by atoms with van der Waals surface area (Å²) in [5.74, 6) is 0.670. The molecule has 1 rings (SSSR count). The summed E-state index contributed by atoms with van der Waals surface area (Å²) in [7, 11) is 0. The fraction of sp³-hybridized carbons (Fsp3) is 0.625. The molecule has 0 amide bonds. The summed E-state index contributed by atoms with van der Waals surface area (Å²) >= 11 is 0. The number of hydrogen-bond donors (Lipinski definition) is 2. The number of para-hydroxylation sites is 1. The molecule has 108 valence electrons. The number of nitrogens with one attached hydrogen (secondary N) is 1. The Kier molecular flexibility index (Phi) is 7.53. The zero-order valence-electron chi connectivity index (χ0n) is 12.5. The number of rotatable bonds is 9. The van der Waals surface area contributed by atoms with E-state index in [1.54, 1.807) is 0 Å². The van der Waals surface area contributed by atoms with Gasteiger partial charge in [0.1, 0.15) is 0 Å². The van der Waals surface area contributed by atoms with Gasteiger partial charge >= 0.3 is 0 Å². The Balaban J connectivity index is 2.69. The first-order valence-electron chi connectivity index (χ1n) is 7.33. The van der Waals surface area contributed by atoms with Crippen LogP contribution in [0.1, 0.15) is 32.8 Å². The second-order valence-corrected chi connectivity index (χ2v) is 5.31. The molecular weight excluding hydrogens is 236 g/mol. The fourth-order valence-corrected chi connectivity index (χ4v) is 2.17. The van der Waals surface area contributed by atoms with E-state index in [1.165, 1.54) is 11.3 Å². The molecular formula is C16H28N2O. The number of benzene rings is 1. The third-order valence-corrected chi connectivity index (χ3v) is 3.17. The molecule has 0 spiro atoms. The van der Waals surface area contributed by atoms with Crippen molar-refractivity contribution in [1.82, 2.24) is 5.32 Å². The highest BCUT2D eigenvalue weighted by Gasteiger charge is 2.08. The van der Waals surface area contributed by atoms with Crippen LogP contribution < -0.4 is 10.2 Å². The lowest BCUT2D eigenvalue weighted by atomic mass is 10.1. The van der Waals surface area contributed by atoms with Crippen LogP contribution in [0.15, 0.2) is 24.3 Å².